The van der Waals surface area contributed by atoms with Gasteiger partial charge in [0.2, 0.25) is 0 Å². The summed E-state index contributed by atoms with van der Waals surface area (Å²) in [5.41, 5.74) is -8.02. The number of aryl methyl sites for hydroxylation is 1. The number of carbonyl (C=O) groups is 2. The standard InChI is InChI=1S/C24H25F6N3O5S/c1-12-8-14(22(37,23(25,26)27)24(28,29)30)5-6-15(12)17-16(20(35)33-7-3-4-13(33)2)32-19(39-17)18(34)31-9-21(36)10-38-11-21/h5-6,8,13,36-37H,3-4,7,9-11H2,1-2H3,(H,31,34)/t13-/m0/s1. The van der Waals surface area contributed by atoms with E-state index in [0.29, 0.717) is 18.7 Å². The van der Waals surface area contributed by atoms with E-state index >= 15 is 0 Å². The Morgan fingerprint density at radius 3 is 2.33 bits per heavy atom. The number of hydrogen-bond acceptors (Lipinski definition) is 7. The van der Waals surface area contributed by atoms with Gasteiger partial charge >= 0.3 is 12.4 Å². The summed E-state index contributed by atoms with van der Waals surface area (Å²) in [4.78, 5) is 32.0. The number of aliphatic hydroxyl groups is 2. The van der Waals surface area contributed by atoms with Crippen LogP contribution in [0.2, 0.25) is 0 Å². The SMILES string of the molecule is Cc1cc(C(O)(C(F)(F)F)C(F)(F)F)ccc1-c1sc(C(=O)NCC2(O)COC2)nc1C(=O)N1CCC[C@@H]1C. The average molecular weight is 582 g/mol. The zero-order valence-corrected chi connectivity index (χ0v) is 21.6. The first-order chi connectivity index (χ1) is 18.0. The Balaban J connectivity index is 1.76. The number of thiazole rings is 1. The fraction of sp³-hybridized carbons (Fsp3) is 0.542. The maximum absolute atomic E-state index is 13.4. The first-order valence-corrected chi connectivity index (χ1v) is 12.7. The molecule has 0 aliphatic carbocycles. The molecule has 8 nitrogen and oxygen atoms in total. The van der Waals surface area contributed by atoms with Crippen molar-refractivity contribution in [2.24, 2.45) is 0 Å². The van der Waals surface area contributed by atoms with Gasteiger partial charge < -0.3 is 25.2 Å². The van der Waals surface area contributed by atoms with Crippen LogP contribution in [0.1, 0.15) is 51.2 Å². The monoisotopic (exact) mass is 581 g/mol. The molecule has 2 saturated heterocycles. The van der Waals surface area contributed by atoms with Gasteiger partial charge in [0.05, 0.1) is 24.6 Å². The molecule has 3 N–H and O–H groups in total. The fourth-order valence-corrected chi connectivity index (χ4v) is 5.57. The van der Waals surface area contributed by atoms with E-state index in [1.807, 2.05) is 6.92 Å². The van der Waals surface area contributed by atoms with Crippen molar-refractivity contribution in [3.8, 4) is 10.4 Å². The van der Waals surface area contributed by atoms with Crippen LogP contribution in [-0.2, 0) is 10.3 Å². The number of ether oxygens (including phenoxy) is 1. The second-order valence-electron chi connectivity index (χ2n) is 9.82. The summed E-state index contributed by atoms with van der Waals surface area (Å²) >= 11 is 0.733. The van der Waals surface area contributed by atoms with Crippen LogP contribution in [-0.4, -0.2) is 82.2 Å². The second kappa shape index (κ2) is 10.0. The predicted molar refractivity (Wildman–Crippen MR) is 126 cm³/mol. The summed E-state index contributed by atoms with van der Waals surface area (Å²) in [6, 6.07) is 1.83. The Labute approximate surface area is 222 Å². The highest BCUT2D eigenvalue weighted by Gasteiger charge is 2.71. The van der Waals surface area contributed by atoms with Gasteiger partial charge in [-0.05, 0) is 37.8 Å². The minimum Gasteiger partial charge on any atom is -0.383 e. The molecule has 0 saturated carbocycles. The lowest BCUT2D eigenvalue weighted by molar-refractivity contribution is -0.376. The Morgan fingerprint density at radius 1 is 1.21 bits per heavy atom. The van der Waals surface area contributed by atoms with E-state index in [4.69, 9.17) is 4.74 Å². The van der Waals surface area contributed by atoms with Gasteiger partial charge in [-0.3, -0.25) is 9.59 Å². The lowest BCUT2D eigenvalue weighted by atomic mass is 9.89. The van der Waals surface area contributed by atoms with Crippen LogP contribution in [0.5, 0.6) is 0 Å². The van der Waals surface area contributed by atoms with E-state index in [0.717, 1.165) is 30.2 Å². The van der Waals surface area contributed by atoms with E-state index in [9.17, 15) is 46.1 Å². The molecule has 2 aliphatic heterocycles. The second-order valence-corrected chi connectivity index (χ2v) is 10.8. The van der Waals surface area contributed by atoms with Crippen molar-refractivity contribution in [1.82, 2.24) is 15.2 Å². The topological polar surface area (TPSA) is 112 Å². The molecule has 2 aromatic rings. The lowest BCUT2D eigenvalue weighted by Crippen LogP contribution is -2.56. The third-order valence-electron chi connectivity index (χ3n) is 6.87. The Hall–Kier alpha value is -2.75. The van der Waals surface area contributed by atoms with Crippen molar-refractivity contribution in [1.29, 1.82) is 0 Å². The molecular weight excluding hydrogens is 556 g/mol. The number of aromatic nitrogens is 1. The van der Waals surface area contributed by atoms with Crippen molar-refractivity contribution < 1.29 is 50.9 Å². The van der Waals surface area contributed by atoms with E-state index in [2.05, 4.69) is 10.3 Å². The zero-order valence-electron chi connectivity index (χ0n) is 20.7. The molecule has 0 unspecified atom stereocenters. The van der Waals surface area contributed by atoms with Gasteiger partial charge in [-0.15, -0.1) is 11.3 Å². The van der Waals surface area contributed by atoms with Gasteiger partial charge in [0, 0.05) is 18.2 Å². The molecule has 214 valence electrons. The molecule has 2 amide bonds. The molecule has 15 heteroatoms. The van der Waals surface area contributed by atoms with Crippen LogP contribution in [0.3, 0.4) is 0 Å². The molecule has 4 rings (SSSR count). The molecule has 0 bridgehead atoms. The van der Waals surface area contributed by atoms with Gasteiger partial charge in [-0.25, -0.2) is 4.98 Å². The van der Waals surface area contributed by atoms with Crippen LogP contribution in [0.25, 0.3) is 10.4 Å². The first-order valence-electron chi connectivity index (χ1n) is 11.9. The van der Waals surface area contributed by atoms with Crippen LogP contribution < -0.4 is 5.32 Å². The summed E-state index contributed by atoms with van der Waals surface area (Å²) in [6.07, 6.45) is -10.7. The van der Waals surface area contributed by atoms with Gasteiger partial charge in [0.25, 0.3) is 17.4 Å². The number of likely N-dealkylation sites (tertiary alicyclic amines) is 1. The molecule has 0 radical (unpaired) electrons. The quantitative estimate of drug-likeness (QED) is 0.450. The van der Waals surface area contributed by atoms with Crippen molar-refractivity contribution in [2.75, 3.05) is 26.3 Å². The van der Waals surface area contributed by atoms with Crippen molar-refractivity contribution in [3.63, 3.8) is 0 Å². The Bertz CT molecular complexity index is 1260. The number of hydrogen-bond donors (Lipinski definition) is 3. The third kappa shape index (κ3) is 5.24. The van der Waals surface area contributed by atoms with Gasteiger partial charge in [0.15, 0.2) is 5.01 Å². The summed E-state index contributed by atoms with van der Waals surface area (Å²) < 4.78 is 85.3. The van der Waals surface area contributed by atoms with Gasteiger partial charge in [0.1, 0.15) is 11.3 Å². The van der Waals surface area contributed by atoms with Crippen molar-refractivity contribution >= 4 is 23.2 Å². The molecule has 1 aromatic heterocycles. The fourth-order valence-electron chi connectivity index (χ4n) is 4.51. The number of halogens is 6. The number of benzene rings is 1. The smallest absolute Gasteiger partial charge is 0.383 e. The molecule has 2 aliphatic rings. The third-order valence-corrected chi connectivity index (χ3v) is 7.95. The largest absolute Gasteiger partial charge is 0.430 e. The predicted octanol–water partition coefficient (Wildman–Crippen LogP) is 3.55. The maximum Gasteiger partial charge on any atom is 0.430 e. The van der Waals surface area contributed by atoms with Crippen LogP contribution in [0, 0.1) is 6.92 Å². The van der Waals surface area contributed by atoms with E-state index in [-0.39, 0.29) is 52.5 Å². The summed E-state index contributed by atoms with van der Waals surface area (Å²) in [5.74, 6) is -1.27. The van der Waals surface area contributed by atoms with E-state index in [1.54, 1.807) is 0 Å². The van der Waals surface area contributed by atoms with Crippen LogP contribution in [0.15, 0.2) is 18.2 Å². The summed E-state index contributed by atoms with van der Waals surface area (Å²) in [7, 11) is 0. The highest BCUT2D eigenvalue weighted by molar-refractivity contribution is 7.17. The minimum atomic E-state index is -6.06. The van der Waals surface area contributed by atoms with E-state index < -0.39 is 40.9 Å². The molecule has 39 heavy (non-hydrogen) atoms. The highest BCUT2D eigenvalue weighted by Crippen LogP contribution is 2.50. The summed E-state index contributed by atoms with van der Waals surface area (Å²) in [5, 5.41) is 22.2. The maximum atomic E-state index is 13.4. The minimum absolute atomic E-state index is 0.0146. The van der Waals surface area contributed by atoms with Gasteiger partial charge in [-0.2, -0.15) is 26.3 Å². The lowest BCUT2D eigenvalue weighted by Gasteiger charge is -2.36. The van der Waals surface area contributed by atoms with Crippen LogP contribution in [0.4, 0.5) is 26.3 Å². The number of amides is 2. The number of alkyl halides is 6. The molecule has 3 heterocycles. The number of nitrogens with zero attached hydrogens (tertiary/aromatic N) is 2. The Kier molecular flexibility index (Phi) is 7.51. The molecular formula is C24H25F6N3O5S. The average Bonchev–Trinajstić information content (AvgIpc) is 3.45. The Morgan fingerprint density at radius 2 is 1.85 bits per heavy atom. The molecule has 2 fully saturated rings. The molecule has 1 aromatic carbocycles. The van der Waals surface area contributed by atoms with Gasteiger partial charge in [-0.1, -0.05) is 18.2 Å². The van der Waals surface area contributed by atoms with Crippen LogP contribution >= 0.6 is 11.3 Å². The zero-order chi connectivity index (χ0) is 29.0. The number of nitrogens with one attached hydrogen (secondary N) is 1. The number of rotatable bonds is 6. The highest BCUT2D eigenvalue weighted by atomic mass is 32.1. The molecule has 0 spiro atoms. The molecule has 1 atom stereocenters. The van der Waals surface area contributed by atoms with E-state index in [1.165, 1.54) is 11.8 Å². The van der Waals surface area contributed by atoms with Crippen molar-refractivity contribution in [2.45, 2.75) is 56.3 Å². The van der Waals surface area contributed by atoms with Crippen molar-refractivity contribution in [3.05, 3.63) is 40.0 Å². The number of carbonyl (C=O) groups excluding carboxylic acids is 2. The normalized spacial score (nSPS) is 19.6. The summed E-state index contributed by atoms with van der Waals surface area (Å²) in [6.45, 7) is 3.33. The first kappa shape index (κ1) is 29.2.